The van der Waals surface area contributed by atoms with Crippen LogP contribution in [0.1, 0.15) is 117 Å². The van der Waals surface area contributed by atoms with Gasteiger partial charge in [0.15, 0.2) is 0 Å². The number of quaternary nitrogens is 1. The van der Waals surface area contributed by atoms with Crippen LogP contribution in [0.4, 0.5) is 0 Å². The first-order chi connectivity index (χ1) is 12.6. The quantitative estimate of drug-likeness (QED) is 0.214. The fourth-order valence-corrected chi connectivity index (χ4v) is 3.90. The molecule has 0 saturated heterocycles. The molecular formula is C22H47NO3. The van der Waals surface area contributed by atoms with Gasteiger partial charge in [-0.3, -0.25) is 0 Å². The summed E-state index contributed by atoms with van der Waals surface area (Å²) in [5.74, 6) is 0.468. The highest BCUT2D eigenvalue weighted by Gasteiger charge is 2.17. The molecule has 4 nitrogen and oxygen atoms in total. The van der Waals surface area contributed by atoms with Crippen molar-refractivity contribution in [2.45, 2.75) is 129 Å². The number of unbranched alkanes of at least 4 members (excludes halogenated alkanes) is 8. The second-order valence-electron chi connectivity index (χ2n) is 8.15. The molecule has 0 aliphatic rings. The molecule has 158 valence electrons. The van der Waals surface area contributed by atoms with Gasteiger partial charge in [0, 0.05) is 0 Å². The van der Waals surface area contributed by atoms with E-state index in [0.29, 0.717) is 5.92 Å². The Kier molecular flexibility index (Phi) is 19.5. The van der Waals surface area contributed by atoms with E-state index in [-0.39, 0.29) is 12.2 Å². The Hall–Kier alpha value is -0.160. The molecule has 0 aromatic heterocycles. The van der Waals surface area contributed by atoms with Gasteiger partial charge in [0.2, 0.25) is 0 Å². The highest BCUT2D eigenvalue weighted by Crippen LogP contribution is 2.24. The van der Waals surface area contributed by atoms with Crippen LogP contribution in [0.5, 0.6) is 0 Å². The van der Waals surface area contributed by atoms with Crippen molar-refractivity contribution in [3.63, 3.8) is 0 Å². The number of nitrogens with two attached hydrogens (primary N) is 1. The van der Waals surface area contributed by atoms with Gasteiger partial charge in [0.25, 0.3) is 0 Å². The summed E-state index contributed by atoms with van der Waals surface area (Å²) in [6, 6.07) is 0. The molecule has 26 heavy (non-hydrogen) atoms. The van der Waals surface area contributed by atoms with Crippen LogP contribution in [0, 0.1) is 11.1 Å². The Morgan fingerprint density at radius 2 is 1.08 bits per heavy atom. The molecule has 4 N–H and O–H groups in total. The largest absolute Gasteiger partial charge is 0.636 e. The summed E-state index contributed by atoms with van der Waals surface area (Å²) in [7, 11) is 0. The predicted octanol–water partition coefficient (Wildman–Crippen LogP) is 4.67. The molecule has 0 spiro atoms. The van der Waals surface area contributed by atoms with E-state index in [2.05, 4.69) is 13.8 Å². The van der Waals surface area contributed by atoms with Gasteiger partial charge in [0.1, 0.15) is 0 Å². The molecule has 0 rings (SSSR count). The average Bonchev–Trinajstić information content (AvgIpc) is 2.60. The highest BCUT2D eigenvalue weighted by molar-refractivity contribution is 4.70. The minimum absolute atomic E-state index is 0.196. The summed E-state index contributed by atoms with van der Waals surface area (Å²) in [4.78, 5) is 0. The number of hydroxylamine groups is 1. The molecule has 0 bridgehead atoms. The molecule has 4 heteroatoms. The number of hydrogen-bond acceptors (Lipinski definition) is 3. The SMILES string of the molecule is CCCC(O)CC(CCCCCCCCCCC[NH2+][O-])CC(O)CCC. The molecule has 0 radical (unpaired) electrons. The molecule has 0 aliphatic heterocycles. The first-order valence-electron chi connectivity index (χ1n) is 11.4. The molecule has 2 atom stereocenters. The topological polar surface area (TPSA) is 80.1 Å². The fourth-order valence-electron chi connectivity index (χ4n) is 3.90. The van der Waals surface area contributed by atoms with Gasteiger partial charge in [-0.25, -0.2) is 0 Å². The fraction of sp³-hybridized carbons (Fsp3) is 1.00. The maximum Gasteiger partial charge on any atom is 0.0752 e. The molecule has 0 aromatic rings. The minimum Gasteiger partial charge on any atom is -0.636 e. The van der Waals surface area contributed by atoms with Crippen LogP contribution in [-0.4, -0.2) is 29.0 Å². The Morgan fingerprint density at radius 1 is 0.654 bits per heavy atom. The summed E-state index contributed by atoms with van der Waals surface area (Å²) in [6.07, 6.45) is 17.5. The molecule has 0 aromatic carbocycles. The lowest BCUT2D eigenvalue weighted by atomic mass is 9.87. The van der Waals surface area contributed by atoms with Crippen LogP contribution in [0.3, 0.4) is 0 Å². The van der Waals surface area contributed by atoms with E-state index < -0.39 is 0 Å². The Labute approximate surface area is 162 Å². The number of hydrogen-bond donors (Lipinski definition) is 3. The third kappa shape index (κ3) is 17.3. The van der Waals surface area contributed by atoms with Crippen LogP contribution in [0.25, 0.3) is 0 Å². The maximum atomic E-state index is 10.2. The molecule has 0 saturated carbocycles. The van der Waals surface area contributed by atoms with Crippen molar-refractivity contribution in [1.82, 2.24) is 0 Å². The maximum absolute atomic E-state index is 10.2. The first-order valence-corrected chi connectivity index (χ1v) is 11.4. The van der Waals surface area contributed by atoms with Crippen LogP contribution >= 0.6 is 0 Å². The van der Waals surface area contributed by atoms with Gasteiger partial charge in [-0.2, -0.15) is 0 Å². The zero-order valence-corrected chi connectivity index (χ0v) is 17.6. The number of aliphatic hydroxyl groups is 2. The second kappa shape index (κ2) is 19.6. The van der Waals surface area contributed by atoms with Crippen LogP contribution in [0.15, 0.2) is 0 Å². The van der Waals surface area contributed by atoms with E-state index >= 15 is 0 Å². The van der Waals surface area contributed by atoms with E-state index in [9.17, 15) is 15.4 Å². The molecule has 0 amide bonds. The van der Waals surface area contributed by atoms with Gasteiger partial charge in [-0.1, -0.05) is 78.1 Å². The van der Waals surface area contributed by atoms with Gasteiger partial charge in [0.05, 0.1) is 18.8 Å². The van der Waals surface area contributed by atoms with Crippen LogP contribution < -0.4 is 5.48 Å². The lowest BCUT2D eigenvalue weighted by Gasteiger charge is -2.23. The first kappa shape index (κ1) is 25.8. The Balaban J connectivity index is 3.77. The van der Waals surface area contributed by atoms with Crippen molar-refractivity contribution in [2.24, 2.45) is 5.92 Å². The van der Waals surface area contributed by atoms with Crippen molar-refractivity contribution < 1.29 is 15.7 Å². The van der Waals surface area contributed by atoms with Gasteiger partial charge < -0.3 is 20.9 Å². The van der Waals surface area contributed by atoms with Crippen molar-refractivity contribution in [3.05, 3.63) is 5.21 Å². The molecule has 0 fully saturated rings. The Bertz CT molecular complexity index is 262. The van der Waals surface area contributed by atoms with Crippen molar-refractivity contribution in [2.75, 3.05) is 6.54 Å². The monoisotopic (exact) mass is 373 g/mol. The van der Waals surface area contributed by atoms with Crippen LogP contribution in [-0.2, 0) is 0 Å². The molecular weight excluding hydrogens is 326 g/mol. The lowest BCUT2D eigenvalue weighted by molar-refractivity contribution is -0.589. The zero-order valence-electron chi connectivity index (χ0n) is 17.6. The van der Waals surface area contributed by atoms with Gasteiger partial charge >= 0.3 is 0 Å². The minimum atomic E-state index is -0.196. The standard InChI is InChI=1S/C22H47NO3/c1-3-14-21(24)18-20(19-22(25)15-4-2)16-12-10-8-6-5-7-9-11-13-17-23-26/h20-22,24-25H,3-19,23H2,1-2H3. The normalized spacial score (nSPS) is 15.1. The number of rotatable bonds is 20. The summed E-state index contributed by atoms with van der Waals surface area (Å²) in [6.45, 7) is 4.96. The number of aliphatic hydroxyl groups excluding tert-OH is 2. The third-order valence-corrected chi connectivity index (χ3v) is 5.39. The summed E-state index contributed by atoms with van der Waals surface area (Å²) in [5.41, 5.74) is 1.02. The molecule has 0 heterocycles. The smallest absolute Gasteiger partial charge is 0.0752 e. The second-order valence-corrected chi connectivity index (χ2v) is 8.15. The molecule has 0 aliphatic carbocycles. The van der Waals surface area contributed by atoms with Crippen molar-refractivity contribution in [3.8, 4) is 0 Å². The van der Waals surface area contributed by atoms with Crippen molar-refractivity contribution >= 4 is 0 Å². The summed E-state index contributed by atoms with van der Waals surface area (Å²) >= 11 is 0. The predicted molar refractivity (Wildman–Crippen MR) is 111 cm³/mol. The average molecular weight is 374 g/mol. The highest BCUT2D eigenvalue weighted by atomic mass is 16.5. The summed E-state index contributed by atoms with van der Waals surface area (Å²) < 4.78 is 0. The van der Waals surface area contributed by atoms with E-state index in [1.165, 1.54) is 51.4 Å². The summed E-state index contributed by atoms with van der Waals surface area (Å²) in [5, 5.41) is 30.5. The zero-order chi connectivity index (χ0) is 19.5. The lowest BCUT2D eigenvalue weighted by Crippen LogP contribution is -2.77. The third-order valence-electron chi connectivity index (χ3n) is 5.39. The van der Waals surface area contributed by atoms with Gasteiger partial charge in [-0.15, -0.1) is 0 Å². The molecule has 2 unspecified atom stereocenters. The Morgan fingerprint density at radius 3 is 1.50 bits per heavy atom. The van der Waals surface area contributed by atoms with Crippen molar-refractivity contribution in [1.29, 1.82) is 0 Å². The van der Waals surface area contributed by atoms with E-state index in [1.807, 2.05) is 0 Å². The van der Waals surface area contributed by atoms with Crippen LogP contribution in [0.2, 0.25) is 0 Å². The van der Waals surface area contributed by atoms with E-state index in [4.69, 9.17) is 0 Å². The van der Waals surface area contributed by atoms with Gasteiger partial charge in [-0.05, 0) is 44.4 Å². The van der Waals surface area contributed by atoms with E-state index in [0.717, 1.165) is 63.4 Å². The van der Waals surface area contributed by atoms with E-state index in [1.54, 1.807) is 0 Å².